The van der Waals surface area contributed by atoms with E-state index in [-0.39, 0.29) is 25.0 Å². The van der Waals surface area contributed by atoms with E-state index in [4.69, 9.17) is 5.11 Å². The molecule has 1 aliphatic rings. The fourth-order valence-corrected chi connectivity index (χ4v) is 1.30. The fourth-order valence-electron chi connectivity index (χ4n) is 1.30. The fraction of sp³-hybridized carbons (Fsp3) is 0.900. The third-order valence-electron chi connectivity index (χ3n) is 2.73. The third-order valence-corrected chi connectivity index (χ3v) is 2.73. The molecule has 0 aromatic carbocycles. The first kappa shape index (κ1) is 11.5. The summed E-state index contributed by atoms with van der Waals surface area (Å²) in [4.78, 5) is 11.5. The number of amides is 1. The zero-order valence-electron chi connectivity index (χ0n) is 8.79. The van der Waals surface area contributed by atoms with E-state index in [2.05, 4.69) is 5.32 Å². The second-order valence-electron chi connectivity index (χ2n) is 4.50. The van der Waals surface area contributed by atoms with E-state index in [9.17, 15) is 9.90 Å². The summed E-state index contributed by atoms with van der Waals surface area (Å²) in [6, 6.07) is 0. The Balaban J connectivity index is 2.26. The zero-order valence-corrected chi connectivity index (χ0v) is 8.79. The predicted octanol–water partition coefficient (Wildman–Crippen LogP) is -0.108. The average Bonchev–Trinajstić information content (AvgIpc) is 2.96. The van der Waals surface area contributed by atoms with E-state index in [0.717, 1.165) is 12.8 Å². The quantitative estimate of drug-likeness (QED) is 0.581. The van der Waals surface area contributed by atoms with Crippen molar-refractivity contribution in [3.05, 3.63) is 0 Å². The summed E-state index contributed by atoms with van der Waals surface area (Å²) >= 11 is 0. The Kier molecular flexibility index (Phi) is 3.50. The monoisotopic (exact) mass is 201 g/mol. The van der Waals surface area contributed by atoms with Gasteiger partial charge in [0.1, 0.15) is 5.60 Å². The molecule has 1 rings (SSSR count). The van der Waals surface area contributed by atoms with Gasteiger partial charge in [0.05, 0.1) is 6.61 Å². The van der Waals surface area contributed by atoms with Gasteiger partial charge in [-0.05, 0) is 25.7 Å². The van der Waals surface area contributed by atoms with Gasteiger partial charge in [-0.25, -0.2) is 0 Å². The molecule has 1 fully saturated rings. The Morgan fingerprint density at radius 3 is 2.64 bits per heavy atom. The van der Waals surface area contributed by atoms with Gasteiger partial charge in [0, 0.05) is 12.5 Å². The second-order valence-corrected chi connectivity index (χ2v) is 4.50. The van der Waals surface area contributed by atoms with Crippen LogP contribution in [0.4, 0.5) is 0 Å². The molecule has 4 nitrogen and oxygen atoms in total. The lowest BCUT2D eigenvalue weighted by Crippen LogP contribution is -2.44. The van der Waals surface area contributed by atoms with Crippen molar-refractivity contribution in [1.82, 2.24) is 5.32 Å². The van der Waals surface area contributed by atoms with Gasteiger partial charge in [0.25, 0.3) is 0 Å². The Morgan fingerprint density at radius 2 is 2.21 bits per heavy atom. The number of aliphatic hydroxyl groups excluding tert-OH is 1. The molecule has 0 radical (unpaired) electrons. The molecule has 2 unspecified atom stereocenters. The zero-order chi connectivity index (χ0) is 10.8. The molecule has 14 heavy (non-hydrogen) atoms. The minimum atomic E-state index is -1.21. The lowest BCUT2D eigenvalue weighted by molar-refractivity contribution is -0.126. The van der Waals surface area contributed by atoms with Crippen LogP contribution in [0.2, 0.25) is 0 Å². The maximum Gasteiger partial charge on any atom is 0.223 e. The smallest absolute Gasteiger partial charge is 0.223 e. The van der Waals surface area contributed by atoms with Gasteiger partial charge in [-0.2, -0.15) is 0 Å². The summed E-state index contributed by atoms with van der Waals surface area (Å²) < 4.78 is 0. The highest BCUT2D eigenvalue weighted by Crippen LogP contribution is 2.36. The summed E-state index contributed by atoms with van der Waals surface area (Å²) in [6.07, 6.45) is 2.26. The Hall–Kier alpha value is -0.610. The Bertz CT molecular complexity index is 211. The van der Waals surface area contributed by atoms with Crippen LogP contribution < -0.4 is 5.32 Å². The van der Waals surface area contributed by atoms with Crippen LogP contribution in [0.5, 0.6) is 0 Å². The number of carbonyl (C=O) groups is 1. The van der Waals surface area contributed by atoms with Crippen molar-refractivity contribution in [2.45, 2.75) is 32.3 Å². The molecule has 0 aliphatic heterocycles. The second kappa shape index (κ2) is 4.28. The van der Waals surface area contributed by atoms with E-state index in [0.29, 0.717) is 5.92 Å². The van der Waals surface area contributed by atoms with E-state index in [1.807, 2.05) is 6.92 Å². The Morgan fingerprint density at radius 1 is 1.64 bits per heavy atom. The first-order valence-electron chi connectivity index (χ1n) is 5.07. The van der Waals surface area contributed by atoms with E-state index in [1.54, 1.807) is 0 Å². The highest BCUT2D eigenvalue weighted by Gasteiger charge is 2.33. The molecule has 1 amide bonds. The molecule has 2 atom stereocenters. The molecule has 0 aromatic heterocycles. The van der Waals surface area contributed by atoms with Crippen molar-refractivity contribution in [1.29, 1.82) is 0 Å². The van der Waals surface area contributed by atoms with Crippen LogP contribution in [0.25, 0.3) is 0 Å². The normalized spacial score (nSPS) is 22.6. The van der Waals surface area contributed by atoms with Crippen LogP contribution >= 0.6 is 0 Å². The van der Waals surface area contributed by atoms with Crippen molar-refractivity contribution >= 4 is 5.91 Å². The number of hydrogen-bond donors (Lipinski definition) is 3. The first-order chi connectivity index (χ1) is 6.46. The van der Waals surface area contributed by atoms with Crippen molar-refractivity contribution in [3.63, 3.8) is 0 Å². The van der Waals surface area contributed by atoms with Crippen molar-refractivity contribution in [2.75, 3.05) is 13.2 Å². The van der Waals surface area contributed by atoms with Crippen LogP contribution in [-0.2, 0) is 4.79 Å². The van der Waals surface area contributed by atoms with Gasteiger partial charge < -0.3 is 15.5 Å². The minimum Gasteiger partial charge on any atom is -0.393 e. The highest BCUT2D eigenvalue weighted by molar-refractivity contribution is 5.78. The van der Waals surface area contributed by atoms with Crippen LogP contribution in [0.3, 0.4) is 0 Å². The molecule has 0 spiro atoms. The molecule has 4 heteroatoms. The molecular weight excluding hydrogens is 182 g/mol. The average molecular weight is 201 g/mol. The number of aliphatic hydroxyl groups is 2. The molecule has 0 heterocycles. The largest absolute Gasteiger partial charge is 0.393 e. The van der Waals surface area contributed by atoms with Gasteiger partial charge in [0.2, 0.25) is 5.91 Å². The van der Waals surface area contributed by atoms with E-state index >= 15 is 0 Å². The molecule has 3 N–H and O–H groups in total. The highest BCUT2D eigenvalue weighted by atomic mass is 16.3. The SMILES string of the molecule is CC(C(=O)NCC(C)(O)CO)C1CC1. The summed E-state index contributed by atoms with van der Waals surface area (Å²) in [5.74, 6) is 0.528. The van der Waals surface area contributed by atoms with Crippen LogP contribution in [0.15, 0.2) is 0 Å². The standard InChI is InChI=1S/C10H19NO3/c1-7(8-3-4-8)9(13)11-5-10(2,14)6-12/h7-8,12,14H,3-6H2,1-2H3,(H,11,13). The maximum absolute atomic E-state index is 11.5. The van der Waals surface area contributed by atoms with Gasteiger partial charge in [-0.15, -0.1) is 0 Å². The van der Waals surface area contributed by atoms with Crippen molar-refractivity contribution in [3.8, 4) is 0 Å². The van der Waals surface area contributed by atoms with E-state index in [1.165, 1.54) is 6.92 Å². The molecular formula is C10H19NO3. The Labute approximate surface area is 84.3 Å². The number of hydrogen-bond acceptors (Lipinski definition) is 3. The van der Waals surface area contributed by atoms with Crippen LogP contribution in [-0.4, -0.2) is 34.9 Å². The molecule has 0 saturated heterocycles. The molecule has 0 bridgehead atoms. The van der Waals surface area contributed by atoms with Crippen LogP contribution in [0, 0.1) is 11.8 Å². The topological polar surface area (TPSA) is 69.6 Å². The predicted molar refractivity (Wildman–Crippen MR) is 52.6 cm³/mol. The minimum absolute atomic E-state index is 0.0266. The van der Waals surface area contributed by atoms with Crippen LogP contribution in [0.1, 0.15) is 26.7 Å². The van der Waals surface area contributed by atoms with E-state index < -0.39 is 5.60 Å². The number of nitrogens with one attached hydrogen (secondary N) is 1. The molecule has 1 saturated carbocycles. The maximum atomic E-state index is 11.5. The first-order valence-corrected chi connectivity index (χ1v) is 5.07. The van der Waals surface area contributed by atoms with Gasteiger partial charge >= 0.3 is 0 Å². The van der Waals surface area contributed by atoms with Crippen molar-refractivity contribution < 1.29 is 15.0 Å². The summed E-state index contributed by atoms with van der Waals surface area (Å²) in [5, 5.41) is 20.9. The van der Waals surface area contributed by atoms with Gasteiger partial charge in [-0.1, -0.05) is 6.92 Å². The molecule has 82 valence electrons. The van der Waals surface area contributed by atoms with Gasteiger partial charge in [-0.3, -0.25) is 4.79 Å². The summed E-state index contributed by atoms with van der Waals surface area (Å²) in [7, 11) is 0. The number of rotatable bonds is 5. The summed E-state index contributed by atoms with van der Waals surface area (Å²) in [5.41, 5.74) is -1.21. The van der Waals surface area contributed by atoms with Crippen molar-refractivity contribution in [2.24, 2.45) is 11.8 Å². The number of carbonyl (C=O) groups excluding carboxylic acids is 1. The third kappa shape index (κ3) is 3.27. The summed E-state index contributed by atoms with van der Waals surface area (Å²) in [6.45, 7) is 3.17. The molecule has 0 aromatic rings. The lowest BCUT2D eigenvalue weighted by Gasteiger charge is -2.21. The van der Waals surface area contributed by atoms with Gasteiger partial charge in [0.15, 0.2) is 0 Å². The lowest BCUT2D eigenvalue weighted by atomic mass is 10.0. The molecule has 1 aliphatic carbocycles.